The summed E-state index contributed by atoms with van der Waals surface area (Å²) < 4.78 is 4.89. The minimum absolute atomic E-state index is 0.174. The second-order valence-corrected chi connectivity index (χ2v) is 3.07. The largest absolute Gasteiger partial charge is 0.383 e. The number of amides is 2. The first kappa shape index (κ1) is 10.1. The lowest BCUT2D eigenvalue weighted by atomic mass is 10.2. The first-order valence-electron chi connectivity index (χ1n) is 4.21. The molecule has 0 aromatic carbocycles. The number of methoxy groups -OCH3 is 1. The van der Waals surface area contributed by atoms with Gasteiger partial charge in [0.1, 0.15) is 0 Å². The Balaban J connectivity index is 2.62. The van der Waals surface area contributed by atoms with Crippen LogP contribution in [0, 0.1) is 0 Å². The Morgan fingerprint density at radius 3 is 2.46 bits per heavy atom. The second kappa shape index (κ2) is 4.34. The SMILES string of the molecule is COCC(C)N1C(=O)CNCC1=O. The molecule has 5 heteroatoms. The molecule has 13 heavy (non-hydrogen) atoms. The molecule has 0 aliphatic carbocycles. The molecule has 0 radical (unpaired) electrons. The molecule has 0 aromatic heterocycles. The Kier molecular flexibility index (Phi) is 3.39. The molecule has 1 unspecified atom stereocenters. The third-order valence-electron chi connectivity index (χ3n) is 1.94. The van der Waals surface area contributed by atoms with E-state index < -0.39 is 0 Å². The molecule has 1 heterocycles. The number of ether oxygens (including phenoxy) is 1. The topological polar surface area (TPSA) is 58.6 Å². The van der Waals surface area contributed by atoms with Gasteiger partial charge in [-0.05, 0) is 6.92 Å². The maximum atomic E-state index is 11.3. The van der Waals surface area contributed by atoms with E-state index in [-0.39, 0.29) is 30.9 Å². The van der Waals surface area contributed by atoms with Crippen molar-refractivity contribution in [2.75, 3.05) is 26.8 Å². The minimum Gasteiger partial charge on any atom is -0.383 e. The smallest absolute Gasteiger partial charge is 0.243 e. The average Bonchev–Trinajstić information content (AvgIpc) is 2.04. The van der Waals surface area contributed by atoms with Crippen LogP contribution in [-0.4, -0.2) is 49.6 Å². The van der Waals surface area contributed by atoms with Crippen LogP contribution in [0.15, 0.2) is 0 Å². The number of nitrogens with one attached hydrogen (secondary N) is 1. The maximum absolute atomic E-state index is 11.3. The highest BCUT2D eigenvalue weighted by molar-refractivity contribution is 5.99. The lowest BCUT2D eigenvalue weighted by molar-refractivity contribution is -0.150. The summed E-state index contributed by atoms with van der Waals surface area (Å²) in [7, 11) is 1.55. The van der Waals surface area contributed by atoms with Gasteiger partial charge in [0.05, 0.1) is 25.7 Å². The van der Waals surface area contributed by atoms with E-state index >= 15 is 0 Å². The molecule has 1 fully saturated rings. The first-order valence-corrected chi connectivity index (χ1v) is 4.21. The molecule has 1 rings (SSSR count). The third-order valence-corrected chi connectivity index (χ3v) is 1.94. The summed E-state index contributed by atoms with van der Waals surface area (Å²) in [4.78, 5) is 23.9. The Labute approximate surface area is 77.0 Å². The molecular weight excluding hydrogens is 172 g/mol. The Hall–Kier alpha value is -0.940. The van der Waals surface area contributed by atoms with E-state index in [4.69, 9.17) is 4.74 Å². The quantitative estimate of drug-likeness (QED) is 0.573. The summed E-state index contributed by atoms with van der Waals surface area (Å²) in [6.45, 7) is 2.65. The van der Waals surface area contributed by atoms with Crippen LogP contribution < -0.4 is 5.32 Å². The summed E-state index contributed by atoms with van der Waals surface area (Å²) in [5, 5.41) is 2.73. The molecular formula is C8H14N2O3. The van der Waals surface area contributed by atoms with Crippen LogP contribution in [0.3, 0.4) is 0 Å². The average molecular weight is 186 g/mol. The van der Waals surface area contributed by atoms with Crippen molar-refractivity contribution in [3.05, 3.63) is 0 Å². The van der Waals surface area contributed by atoms with E-state index in [9.17, 15) is 9.59 Å². The van der Waals surface area contributed by atoms with Crippen molar-refractivity contribution >= 4 is 11.8 Å². The van der Waals surface area contributed by atoms with Crippen LogP contribution in [0.1, 0.15) is 6.92 Å². The molecule has 5 nitrogen and oxygen atoms in total. The molecule has 0 bridgehead atoms. The van der Waals surface area contributed by atoms with Crippen LogP contribution in [-0.2, 0) is 14.3 Å². The zero-order chi connectivity index (χ0) is 9.84. The molecule has 2 amide bonds. The molecule has 74 valence electrons. The lowest BCUT2D eigenvalue weighted by Gasteiger charge is -2.30. The van der Waals surface area contributed by atoms with Crippen LogP contribution >= 0.6 is 0 Å². The predicted octanol–water partition coefficient (Wildman–Crippen LogP) is -1.02. The monoisotopic (exact) mass is 186 g/mol. The molecule has 1 aliphatic heterocycles. The number of hydrogen-bond donors (Lipinski definition) is 1. The standard InChI is InChI=1S/C8H14N2O3/c1-6(5-13-2)10-7(11)3-9-4-8(10)12/h6,9H,3-5H2,1-2H3. The van der Waals surface area contributed by atoms with Gasteiger partial charge in [-0.3, -0.25) is 19.8 Å². The number of piperazine rings is 1. The van der Waals surface area contributed by atoms with Crippen LogP contribution in [0.25, 0.3) is 0 Å². The van der Waals surface area contributed by atoms with E-state index in [2.05, 4.69) is 5.32 Å². The van der Waals surface area contributed by atoms with E-state index in [0.29, 0.717) is 6.61 Å². The maximum Gasteiger partial charge on any atom is 0.243 e. The highest BCUT2D eigenvalue weighted by Crippen LogP contribution is 2.03. The van der Waals surface area contributed by atoms with E-state index in [1.807, 2.05) is 0 Å². The Morgan fingerprint density at radius 1 is 1.46 bits per heavy atom. The van der Waals surface area contributed by atoms with Crippen molar-refractivity contribution in [3.63, 3.8) is 0 Å². The van der Waals surface area contributed by atoms with Crippen LogP contribution in [0.4, 0.5) is 0 Å². The molecule has 0 aromatic rings. The number of carbonyl (C=O) groups is 2. The highest BCUT2D eigenvalue weighted by Gasteiger charge is 2.29. The lowest BCUT2D eigenvalue weighted by Crippen LogP contribution is -2.56. The van der Waals surface area contributed by atoms with Gasteiger partial charge >= 0.3 is 0 Å². The molecule has 0 spiro atoms. The van der Waals surface area contributed by atoms with E-state index in [0.717, 1.165) is 0 Å². The Morgan fingerprint density at radius 2 is 2.00 bits per heavy atom. The summed E-state index contributed by atoms with van der Waals surface area (Å²) in [5.41, 5.74) is 0. The van der Waals surface area contributed by atoms with Gasteiger partial charge in [-0.15, -0.1) is 0 Å². The zero-order valence-electron chi connectivity index (χ0n) is 7.87. The number of rotatable bonds is 3. The van der Waals surface area contributed by atoms with Crippen molar-refractivity contribution in [2.24, 2.45) is 0 Å². The molecule has 1 aliphatic rings. The van der Waals surface area contributed by atoms with Crippen molar-refractivity contribution in [2.45, 2.75) is 13.0 Å². The van der Waals surface area contributed by atoms with Gasteiger partial charge in [0, 0.05) is 7.11 Å². The van der Waals surface area contributed by atoms with Gasteiger partial charge in [-0.25, -0.2) is 0 Å². The molecule has 1 atom stereocenters. The number of carbonyl (C=O) groups excluding carboxylic acids is 2. The third kappa shape index (κ3) is 2.26. The fourth-order valence-corrected chi connectivity index (χ4v) is 1.39. The summed E-state index contributed by atoms with van der Waals surface area (Å²) >= 11 is 0. The first-order chi connectivity index (χ1) is 6.16. The van der Waals surface area contributed by atoms with E-state index in [1.54, 1.807) is 14.0 Å². The summed E-state index contributed by atoms with van der Waals surface area (Å²) in [6.07, 6.45) is 0. The van der Waals surface area contributed by atoms with E-state index in [1.165, 1.54) is 4.90 Å². The molecule has 0 saturated carbocycles. The van der Waals surface area contributed by atoms with Gasteiger partial charge in [-0.1, -0.05) is 0 Å². The van der Waals surface area contributed by atoms with Crippen molar-refractivity contribution in [1.82, 2.24) is 10.2 Å². The van der Waals surface area contributed by atoms with Crippen molar-refractivity contribution in [3.8, 4) is 0 Å². The fourth-order valence-electron chi connectivity index (χ4n) is 1.39. The normalized spacial score (nSPS) is 20.6. The summed E-state index contributed by atoms with van der Waals surface area (Å²) in [6, 6.07) is -0.174. The van der Waals surface area contributed by atoms with Crippen molar-refractivity contribution < 1.29 is 14.3 Å². The minimum atomic E-state index is -0.180. The highest BCUT2D eigenvalue weighted by atomic mass is 16.5. The number of hydrogen-bond acceptors (Lipinski definition) is 4. The van der Waals surface area contributed by atoms with Gasteiger partial charge < -0.3 is 4.74 Å². The predicted molar refractivity (Wildman–Crippen MR) is 46.1 cm³/mol. The van der Waals surface area contributed by atoms with Crippen LogP contribution in [0.2, 0.25) is 0 Å². The fraction of sp³-hybridized carbons (Fsp3) is 0.750. The van der Waals surface area contributed by atoms with Crippen LogP contribution in [0.5, 0.6) is 0 Å². The number of imide groups is 1. The van der Waals surface area contributed by atoms with Gasteiger partial charge in [0.15, 0.2) is 0 Å². The Bertz CT molecular complexity index is 201. The zero-order valence-corrected chi connectivity index (χ0v) is 7.87. The molecule has 1 N–H and O–H groups in total. The van der Waals surface area contributed by atoms with Gasteiger partial charge in [-0.2, -0.15) is 0 Å². The van der Waals surface area contributed by atoms with Gasteiger partial charge in [0.2, 0.25) is 11.8 Å². The number of nitrogens with zero attached hydrogens (tertiary/aromatic N) is 1. The van der Waals surface area contributed by atoms with Gasteiger partial charge in [0.25, 0.3) is 0 Å². The molecule has 1 saturated heterocycles. The van der Waals surface area contributed by atoms with Crippen molar-refractivity contribution in [1.29, 1.82) is 0 Å². The summed E-state index contributed by atoms with van der Waals surface area (Å²) in [5.74, 6) is -0.360. The second-order valence-electron chi connectivity index (χ2n) is 3.07.